The van der Waals surface area contributed by atoms with Crippen molar-refractivity contribution < 1.29 is 9.59 Å². The Hall–Kier alpha value is -2.60. The minimum absolute atomic E-state index is 0.0941. The number of nitrogens with one attached hydrogen (secondary N) is 1. The van der Waals surface area contributed by atoms with E-state index in [0.29, 0.717) is 5.17 Å². The van der Waals surface area contributed by atoms with Crippen LogP contribution in [0.25, 0.3) is 0 Å². The van der Waals surface area contributed by atoms with Crippen molar-refractivity contribution in [1.82, 2.24) is 4.90 Å². The smallest absolute Gasteiger partial charge is 0.242 e. The lowest BCUT2D eigenvalue weighted by molar-refractivity contribution is -0.127. The predicted octanol–water partition coefficient (Wildman–Crippen LogP) is 4.15. The third-order valence-corrected chi connectivity index (χ3v) is 5.61. The van der Waals surface area contributed by atoms with Crippen LogP contribution in [0.5, 0.6) is 0 Å². The molecule has 5 nitrogen and oxygen atoms in total. The number of aryl methyl sites for hydroxylation is 2. The molecular weight excluding hydrogens is 358 g/mol. The van der Waals surface area contributed by atoms with E-state index < -0.39 is 5.25 Å². The van der Waals surface area contributed by atoms with Gasteiger partial charge in [-0.1, -0.05) is 43.0 Å². The molecule has 0 unspecified atom stereocenters. The van der Waals surface area contributed by atoms with Gasteiger partial charge in [0.2, 0.25) is 11.8 Å². The lowest BCUT2D eigenvalue weighted by atomic mass is 10.2. The molecular formula is C21H23N3O2S. The van der Waals surface area contributed by atoms with Gasteiger partial charge in [0.05, 0.1) is 5.69 Å². The average Bonchev–Trinajstić information content (AvgIpc) is 2.90. The number of carbonyl (C=O) groups excluding carboxylic acids is 2. The summed E-state index contributed by atoms with van der Waals surface area (Å²) in [7, 11) is 1.70. The zero-order chi connectivity index (χ0) is 19.4. The first-order valence-corrected chi connectivity index (χ1v) is 9.82. The van der Waals surface area contributed by atoms with Crippen molar-refractivity contribution in [2.45, 2.75) is 31.9 Å². The van der Waals surface area contributed by atoms with E-state index >= 15 is 0 Å². The second-order valence-electron chi connectivity index (χ2n) is 6.54. The molecule has 2 aromatic rings. The van der Waals surface area contributed by atoms with Crippen molar-refractivity contribution in [1.29, 1.82) is 0 Å². The maximum atomic E-state index is 12.5. The van der Waals surface area contributed by atoms with Gasteiger partial charge in [-0.2, -0.15) is 0 Å². The molecule has 1 fully saturated rings. The summed E-state index contributed by atoms with van der Waals surface area (Å²) >= 11 is 1.34. The van der Waals surface area contributed by atoms with Crippen molar-refractivity contribution in [3.8, 4) is 0 Å². The van der Waals surface area contributed by atoms with Gasteiger partial charge in [-0.15, -0.1) is 0 Å². The van der Waals surface area contributed by atoms with Gasteiger partial charge in [0, 0.05) is 19.2 Å². The minimum Gasteiger partial charge on any atom is -0.326 e. The maximum Gasteiger partial charge on any atom is 0.242 e. The molecule has 0 bridgehead atoms. The van der Waals surface area contributed by atoms with Crippen molar-refractivity contribution in [2.75, 3.05) is 12.4 Å². The summed E-state index contributed by atoms with van der Waals surface area (Å²) in [4.78, 5) is 30.9. The second-order valence-corrected chi connectivity index (χ2v) is 7.71. The number of hydrogen-bond donors (Lipinski definition) is 1. The molecule has 1 aliphatic rings. The molecule has 140 valence electrons. The minimum atomic E-state index is -0.450. The van der Waals surface area contributed by atoms with Crippen LogP contribution >= 0.6 is 11.8 Å². The number of thioether (sulfide) groups is 1. The first kappa shape index (κ1) is 19.2. The van der Waals surface area contributed by atoms with Crippen molar-refractivity contribution in [2.24, 2.45) is 4.99 Å². The number of anilines is 1. The normalized spacial score (nSPS) is 18.2. The zero-order valence-electron chi connectivity index (χ0n) is 15.7. The summed E-state index contributed by atoms with van der Waals surface area (Å²) in [6.07, 6.45) is 1.09. The Morgan fingerprint density at radius 1 is 1.22 bits per heavy atom. The first-order valence-electron chi connectivity index (χ1n) is 8.94. The Labute approximate surface area is 163 Å². The molecule has 0 radical (unpaired) electrons. The summed E-state index contributed by atoms with van der Waals surface area (Å²) in [6, 6.07) is 15.6. The fourth-order valence-electron chi connectivity index (χ4n) is 2.82. The van der Waals surface area contributed by atoms with Crippen LogP contribution < -0.4 is 5.32 Å². The van der Waals surface area contributed by atoms with Gasteiger partial charge in [0.25, 0.3) is 0 Å². The van der Waals surface area contributed by atoms with Crippen molar-refractivity contribution in [3.63, 3.8) is 0 Å². The van der Waals surface area contributed by atoms with Crippen LogP contribution in [0.2, 0.25) is 0 Å². The highest BCUT2D eigenvalue weighted by Crippen LogP contribution is 2.30. The van der Waals surface area contributed by atoms with Crippen LogP contribution in [0.15, 0.2) is 53.5 Å². The van der Waals surface area contributed by atoms with Crippen LogP contribution in [0, 0.1) is 6.92 Å². The Morgan fingerprint density at radius 3 is 2.63 bits per heavy atom. The Morgan fingerprint density at radius 2 is 1.96 bits per heavy atom. The van der Waals surface area contributed by atoms with E-state index in [9.17, 15) is 9.59 Å². The van der Waals surface area contributed by atoms with Gasteiger partial charge in [-0.05, 0) is 48.7 Å². The topological polar surface area (TPSA) is 61.8 Å². The Bertz CT molecular complexity index is 877. The van der Waals surface area contributed by atoms with Crippen LogP contribution in [0.4, 0.5) is 11.4 Å². The number of benzene rings is 2. The van der Waals surface area contributed by atoms with Gasteiger partial charge in [0.15, 0.2) is 5.17 Å². The van der Waals surface area contributed by atoms with E-state index in [1.165, 1.54) is 22.2 Å². The van der Waals surface area contributed by atoms with Crippen LogP contribution in [0.1, 0.15) is 24.5 Å². The monoisotopic (exact) mass is 381 g/mol. The van der Waals surface area contributed by atoms with Gasteiger partial charge in [0.1, 0.15) is 5.25 Å². The standard InChI is InChI=1S/C21H23N3O2S/c1-4-15-8-10-16(11-9-15)23-21-24(3)20(26)18(27-21)13-19(25)22-17-7-5-6-14(2)12-17/h5-12,18H,4,13H2,1-3H3,(H,22,25)/t18-/m0/s1. The highest BCUT2D eigenvalue weighted by Gasteiger charge is 2.36. The van der Waals surface area contributed by atoms with Gasteiger partial charge >= 0.3 is 0 Å². The number of amidine groups is 1. The molecule has 0 aliphatic carbocycles. The summed E-state index contributed by atoms with van der Waals surface area (Å²) in [5, 5.41) is 3.03. The van der Waals surface area contributed by atoms with Crippen LogP contribution in [-0.4, -0.2) is 34.2 Å². The molecule has 6 heteroatoms. The van der Waals surface area contributed by atoms with Crippen LogP contribution in [0.3, 0.4) is 0 Å². The first-order chi connectivity index (χ1) is 13.0. The van der Waals surface area contributed by atoms with Gasteiger partial charge in [-0.25, -0.2) is 4.99 Å². The van der Waals surface area contributed by atoms with E-state index in [0.717, 1.165) is 23.4 Å². The van der Waals surface area contributed by atoms with Gasteiger partial charge in [-0.3, -0.25) is 14.5 Å². The molecule has 1 saturated heterocycles. The summed E-state index contributed by atoms with van der Waals surface area (Å²) in [5.74, 6) is -0.267. The lowest BCUT2D eigenvalue weighted by Gasteiger charge is -2.09. The SMILES string of the molecule is CCc1ccc(N=C2S[C@@H](CC(=O)Nc3cccc(C)c3)C(=O)N2C)cc1. The molecule has 0 spiro atoms. The molecule has 1 heterocycles. The van der Waals surface area contributed by atoms with E-state index in [4.69, 9.17) is 0 Å². The Kier molecular flexibility index (Phi) is 5.96. The number of aliphatic imine (C=N–C) groups is 1. The molecule has 2 amide bonds. The largest absolute Gasteiger partial charge is 0.326 e. The number of carbonyl (C=O) groups is 2. The lowest BCUT2D eigenvalue weighted by Crippen LogP contribution is -2.30. The number of rotatable bonds is 5. The summed E-state index contributed by atoms with van der Waals surface area (Å²) in [5.41, 5.74) is 3.86. The zero-order valence-corrected chi connectivity index (χ0v) is 16.5. The quantitative estimate of drug-likeness (QED) is 0.846. The second kappa shape index (κ2) is 8.39. The molecule has 0 saturated carbocycles. The molecule has 1 atom stereocenters. The fourth-order valence-corrected chi connectivity index (χ4v) is 3.97. The van der Waals surface area contributed by atoms with Gasteiger partial charge < -0.3 is 5.32 Å². The van der Waals surface area contributed by atoms with E-state index in [1.807, 2.05) is 55.5 Å². The molecule has 2 aromatic carbocycles. The number of hydrogen-bond acceptors (Lipinski definition) is 4. The van der Waals surface area contributed by atoms with Crippen LogP contribution in [-0.2, 0) is 16.0 Å². The van der Waals surface area contributed by atoms with E-state index in [1.54, 1.807) is 7.05 Å². The Balaban J connectivity index is 1.66. The molecule has 1 aliphatic heterocycles. The van der Waals surface area contributed by atoms with E-state index in [2.05, 4.69) is 17.2 Å². The molecule has 0 aromatic heterocycles. The highest BCUT2D eigenvalue weighted by molar-refractivity contribution is 8.15. The maximum absolute atomic E-state index is 12.5. The number of nitrogens with zero attached hydrogens (tertiary/aromatic N) is 2. The number of amides is 2. The molecule has 3 rings (SSSR count). The highest BCUT2D eigenvalue weighted by atomic mass is 32.2. The van der Waals surface area contributed by atoms with E-state index in [-0.39, 0.29) is 18.2 Å². The third-order valence-electron chi connectivity index (χ3n) is 4.38. The summed E-state index contributed by atoms with van der Waals surface area (Å²) < 4.78 is 0. The molecule has 27 heavy (non-hydrogen) atoms. The van der Waals surface area contributed by atoms with Crippen molar-refractivity contribution in [3.05, 3.63) is 59.7 Å². The predicted molar refractivity (Wildman–Crippen MR) is 111 cm³/mol. The van der Waals surface area contributed by atoms with Crippen molar-refractivity contribution >= 4 is 40.1 Å². The third kappa shape index (κ3) is 4.77. The fraction of sp³-hybridized carbons (Fsp3) is 0.286. The molecule has 1 N–H and O–H groups in total. The average molecular weight is 382 g/mol. The summed E-state index contributed by atoms with van der Waals surface area (Å²) in [6.45, 7) is 4.07.